The third kappa shape index (κ3) is 4.51. The van der Waals surface area contributed by atoms with Crippen molar-refractivity contribution in [2.75, 3.05) is 12.3 Å². The first kappa shape index (κ1) is 16.9. The van der Waals surface area contributed by atoms with Crippen LogP contribution >= 0.6 is 11.6 Å². The van der Waals surface area contributed by atoms with Crippen LogP contribution in [0.5, 0.6) is 0 Å². The minimum atomic E-state index is -3.22. The number of nitrogens with zero attached hydrogens (tertiary/aromatic N) is 3. The Morgan fingerprint density at radius 1 is 1.36 bits per heavy atom. The Morgan fingerprint density at radius 3 is 2.68 bits per heavy atom. The van der Waals surface area contributed by atoms with E-state index in [2.05, 4.69) is 15.0 Å². The van der Waals surface area contributed by atoms with Crippen LogP contribution in [0.25, 0.3) is 0 Å². The Morgan fingerprint density at radius 2 is 2.05 bits per heavy atom. The molecule has 0 fully saturated rings. The molecule has 7 nitrogen and oxygen atoms in total. The number of aliphatic hydroxyl groups is 1. The summed E-state index contributed by atoms with van der Waals surface area (Å²) >= 11 is 5.80. The molecule has 1 atom stereocenters. The van der Waals surface area contributed by atoms with Gasteiger partial charge in [0, 0.05) is 11.6 Å². The molecule has 1 unspecified atom stereocenters. The van der Waals surface area contributed by atoms with Gasteiger partial charge in [0.25, 0.3) is 0 Å². The van der Waals surface area contributed by atoms with Gasteiger partial charge < -0.3 is 5.11 Å². The largest absolute Gasteiger partial charge is 0.382 e. The maximum atomic E-state index is 11.3. The Kier molecular flexibility index (Phi) is 5.52. The third-order valence-corrected chi connectivity index (χ3v) is 4.72. The second-order valence-corrected chi connectivity index (χ2v) is 7.19. The number of aliphatic hydroxyl groups excluding tert-OH is 1. The first-order valence-electron chi connectivity index (χ1n) is 6.72. The summed E-state index contributed by atoms with van der Waals surface area (Å²) in [4.78, 5) is 0. The molecule has 2 aromatic rings. The molecule has 0 aliphatic rings. The fourth-order valence-corrected chi connectivity index (χ4v) is 2.51. The molecule has 2 rings (SSSR count). The predicted molar refractivity (Wildman–Crippen MR) is 83.0 cm³/mol. The van der Waals surface area contributed by atoms with E-state index >= 15 is 0 Å². The van der Waals surface area contributed by atoms with Crippen LogP contribution in [0.15, 0.2) is 30.5 Å². The van der Waals surface area contributed by atoms with Crippen LogP contribution < -0.4 is 4.72 Å². The van der Waals surface area contributed by atoms with Gasteiger partial charge in [-0.1, -0.05) is 28.9 Å². The lowest BCUT2D eigenvalue weighted by Gasteiger charge is -2.07. The molecule has 9 heteroatoms. The Hall–Kier alpha value is -1.48. The van der Waals surface area contributed by atoms with Gasteiger partial charge in [0.05, 0.1) is 18.5 Å². The van der Waals surface area contributed by atoms with Crippen molar-refractivity contribution in [1.29, 1.82) is 0 Å². The summed E-state index contributed by atoms with van der Waals surface area (Å²) < 4.78 is 26.5. The second-order valence-electron chi connectivity index (χ2n) is 4.66. The van der Waals surface area contributed by atoms with Crippen LogP contribution in [0.4, 0.5) is 0 Å². The van der Waals surface area contributed by atoms with Crippen LogP contribution in [0, 0.1) is 0 Å². The minimum Gasteiger partial charge on any atom is -0.382 e. The van der Waals surface area contributed by atoms with E-state index in [1.807, 2.05) is 0 Å². The van der Waals surface area contributed by atoms with E-state index in [9.17, 15) is 13.5 Å². The number of halogens is 1. The fraction of sp³-hybridized carbons (Fsp3) is 0.385. The Bertz CT molecular complexity index is 715. The van der Waals surface area contributed by atoms with Crippen LogP contribution in [-0.4, -0.2) is 40.8 Å². The Labute approximate surface area is 134 Å². The maximum absolute atomic E-state index is 11.3. The van der Waals surface area contributed by atoms with Crippen molar-refractivity contribution in [2.24, 2.45) is 0 Å². The van der Waals surface area contributed by atoms with Crippen molar-refractivity contribution in [3.05, 3.63) is 46.7 Å². The van der Waals surface area contributed by atoms with Crippen molar-refractivity contribution in [1.82, 2.24) is 19.7 Å². The number of hydrogen-bond donors (Lipinski definition) is 2. The zero-order valence-corrected chi connectivity index (χ0v) is 13.5. The quantitative estimate of drug-likeness (QED) is 0.779. The molecule has 1 aromatic heterocycles. The van der Waals surface area contributed by atoms with E-state index < -0.39 is 16.1 Å². The first-order valence-corrected chi connectivity index (χ1v) is 8.75. The maximum Gasteiger partial charge on any atom is 0.211 e. The highest BCUT2D eigenvalue weighted by Crippen LogP contribution is 2.21. The highest BCUT2D eigenvalue weighted by atomic mass is 35.5. The average Bonchev–Trinajstić information content (AvgIpc) is 2.96. The van der Waals surface area contributed by atoms with Crippen LogP contribution in [0.3, 0.4) is 0 Å². The zero-order valence-electron chi connectivity index (χ0n) is 12.0. The molecule has 0 radical (unpaired) electrons. The van der Waals surface area contributed by atoms with E-state index in [1.165, 1.54) is 4.68 Å². The monoisotopic (exact) mass is 344 g/mol. The number of hydrogen-bond acceptors (Lipinski definition) is 5. The minimum absolute atomic E-state index is 0.0326. The molecule has 0 spiro atoms. The van der Waals surface area contributed by atoms with E-state index in [4.69, 9.17) is 11.6 Å². The normalized spacial score (nSPS) is 13.2. The van der Waals surface area contributed by atoms with E-state index in [0.29, 0.717) is 22.8 Å². The molecule has 0 aliphatic carbocycles. The van der Waals surface area contributed by atoms with Crippen molar-refractivity contribution >= 4 is 21.6 Å². The lowest BCUT2D eigenvalue weighted by atomic mass is 10.1. The van der Waals surface area contributed by atoms with Crippen LogP contribution in [-0.2, 0) is 16.6 Å². The average molecular weight is 345 g/mol. The summed E-state index contributed by atoms with van der Waals surface area (Å²) in [5, 5.41) is 18.6. The molecule has 120 valence electrons. The van der Waals surface area contributed by atoms with Gasteiger partial charge in [-0.2, -0.15) is 0 Å². The zero-order chi connectivity index (χ0) is 16.2. The topological polar surface area (TPSA) is 97.1 Å². The summed E-state index contributed by atoms with van der Waals surface area (Å²) in [6, 6.07) is 6.79. The molecule has 0 saturated heterocycles. The molecular weight excluding hydrogens is 328 g/mol. The molecule has 0 saturated carbocycles. The SMILES string of the molecule is CCS(=O)(=O)NCCn1cc(C(O)c2ccc(Cl)cc2)nn1. The lowest BCUT2D eigenvalue weighted by molar-refractivity contribution is 0.215. The first-order chi connectivity index (χ1) is 10.4. The van der Waals surface area contributed by atoms with Gasteiger partial charge in [-0.05, 0) is 24.6 Å². The number of aromatic nitrogens is 3. The second kappa shape index (κ2) is 7.19. The van der Waals surface area contributed by atoms with Crippen LogP contribution in [0.1, 0.15) is 24.3 Å². The molecular formula is C13H17ClN4O3S. The number of benzene rings is 1. The van der Waals surface area contributed by atoms with E-state index in [1.54, 1.807) is 37.4 Å². The molecule has 1 aromatic carbocycles. The third-order valence-electron chi connectivity index (χ3n) is 3.07. The van der Waals surface area contributed by atoms with Gasteiger partial charge in [0.2, 0.25) is 10.0 Å². The molecule has 0 bridgehead atoms. The molecule has 2 N–H and O–H groups in total. The van der Waals surface area contributed by atoms with Gasteiger partial charge in [0.1, 0.15) is 11.8 Å². The van der Waals surface area contributed by atoms with Gasteiger partial charge in [0.15, 0.2) is 0 Å². The van der Waals surface area contributed by atoms with E-state index in [0.717, 1.165) is 0 Å². The van der Waals surface area contributed by atoms with Gasteiger partial charge >= 0.3 is 0 Å². The van der Waals surface area contributed by atoms with Gasteiger partial charge in [-0.15, -0.1) is 5.10 Å². The summed E-state index contributed by atoms with van der Waals surface area (Å²) in [5.41, 5.74) is 1.05. The van der Waals surface area contributed by atoms with Crippen molar-refractivity contribution in [2.45, 2.75) is 19.6 Å². The van der Waals surface area contributed by atoms with Crippen LogP contribution in [0.2, 0.25) is 5.02 Å². The summed E-state index contributed by atoms with van der Waals surface area (Å²) in [7, 11) is -3.22. The molecule has 1 heterocycles. The number of rotatable bonds is 7. The van der Waals surface area contributed by atoms with Gasteiger partial charge in [-0.3, -0.25) is 4.68 Å². The smallest absolute Gasteiger partial charge is 0.211 e. The lowest BCUT2D eigenvalue weighted by Crippen LogP contribution is -2.28. The molecule has 0 amide bonds. The molecule has 0 aliphatic heterocycles. The summed E-state index contributed by atoms with van der Waals surface area (Å²) in [6.45, 7) is 2.12. The number of nitrogens with one attached hydrogen (secondary N) is 1. The highest BCUT2D eigenvalue weighted by molar-refractivity contribution is 7.89. The number of sulfonamides is 1. The standard InChI is InChI=1S/C13H17ClN4O3S/c1-2-22(20,21)15-7-8-18-9-12(16-17-18)13(19)10-3-5-11(14)6-4-10/h3-6,9,13,15,19H,2,7-8H2,1H3. The predicted octanol–water partition coefficient (Wildman–Crippen LogP) is 0.952. The molecule has 22 heavy (non-hydrogen) atoms. The van der Waals surface area contributed by atoms with Crippen molar-refractivity contribution in [3.63, 3.8) is 0 Å². The highest BCUT2D eigenvalue weighted by Gasteiger charge is 2.14. The van der Waals surface area contributed by atoms with Gasteiger partial charge in [-0.25, -0.2) is 13.1 Å². The van der Waals surface area contributed by atoms with E-state index in [-0.39, 0.29) is 12.3 Å². The summed E-state index contributed by atoms with van der Waals surface area (Å²) in [6.07, 6.45) is 0.679. The fourth-order valence-electron chi connectivity index (χ4n) is 1.78. The van der Waals surface area contributed by atoms with Crippen molar-refractivity contribution in [3.8, 4) is 0 Å². The Balaban J connectivity index is 1.97. The summed E-state index contributed by atoms with van der Waals surface area (Å²) in [5.74, 6) is 0.0326. The van der Waals surface area contributed by atoms with Crippen molar-refractivity contribution < 1.29 is 13.5 Å².